The molecule has 0 fully saturated rings. The molecule has 0 aliphatic rings. The van der Waals surface area contributed by atoms with Gasteiger partial charge >= 0.3 is 0 Å². The standard InChI is InChI=1S/C22H19BrN4O5/c1-27-12-17(20(26-27)22(29)24-11-14-5-4-10-30-14)25-21(28)19-9-8-15(32-19)13-31-18-7-3-2-6-16(18)23/h2-10,12H,11,13H2,1H3,(H,24,29)(H,25,28). The number of amides is 2. The molecular formula is C22H19BrN4O5. The lowest BCUT2D eigenvalue weighted by Gasteiger charge is -2.06. The van der Waals surface area contributed by atoms with Crippen molar-refractivity contribution in [2.75, 3.05) is 5.32 Å². The summed E-state index contributed by atoms with van der Waals surface area (Å²) < 4.78 is 18.7. The van der Waals surface area contributed by atoms with Crippen LogP contribution in [-0.4, -0.2) is 21.6 Å². The number of carbonyl (C=O) groups is 2. The Morgan fingerprint density at radius 3 is 2.72 bits per heavy atom. The highest BCUT2D eigenvalue weighted by atomic mass is 79.9. The Balaban J connectivity index is 1.39. The minimum atomic E-state index is -0.509. The van der Waals surface area contributed by atoms with Crippen molar-refractivity contribution in [2.24, 2.45) is 7.05 Å². The number of anilines is 1. The second-order valence-corrected chi connectivity index (χ2v) is 7.62. The van der Waals surface area contributed by atoms with Crippen molar-refractivity contribution in [3.05, 3.63) is 88.4 Å². The smallest absolute Gasteiger partial charge is 0.291 e. The second-order valence-electron chi connectivity index (χ2n) is 6.77. The molecule has 1 aromatic carbocycles. The number of carbonyl (C=O) groups excluding carboxylic acids is 2. The van der Waals surface area contributed by atoms with Crippen LogP contribution in [0.4, 0.5) is 5.69 Å². The number of nitrogens with one attached hydrogen (secondary N) is 2. The molecule has 164 valence electrons. The number of para-hydroxylation sites is 1. The van der Waals surface area contributed by atoms with Crippen molar-refractivity contribution in [2.45, 2.75) is 13.2 Å². The molecule has 0 radical (unpaired) electrons. The predicted octanol–water partition coefficient (Wildman–Crippen LogP) is 4.13. The van der Waals surface area contributed by atoms with Crippen molar-refractivity contribution in [1.29, 1.82) is 0 Å². The fourth-order valence-electron chi connectivity index (χ4n) is 2.88. The predicted molar refractivity (Wildman–Crippen MR) is 118 cm³/mol. The molecule has 10 heteroatoms. The van der Waals surface area contributed by atoms with Gasteiger partial charge in [-0.05, 0) is 52.3 Å². The SMILES string of the molecule is Cn1cc(NC(=O)c2ccc(COc3ccccc3Br)o2)c(C(=O)NCc2ccco2)n1. The number of hydrogen-bond acceptors (Lipinski definition) is 6. The number of halogens is 1. The Kier molecular flexibility index (Phi) is 6.41. The van der Waals surface area contributed by atoms with E-state index in [1.165, 1.54) is 10.9 Å². The fourth-order valence-corrected chi connectivity index (χ4v) is 3.28. The minimum absolute atomic E-state index is 0.0800. The summed E-state index contributed by atoms with van der Waals surface area (Å²) in [5, 5.41) is 9.51. The number of benzene rings is 1. The summed E-state index contributed by atoms with van der Waals surface area (Å²) in [7, 11) is 1.66. The molecule has 0 atom stereocenters. The third kappa shape index (κ3) is 5.09. The van der Waals surface area contributed by atoms with Gasteiger partial charge in [-0.25, -0.2) is 0 Å². The Morgan fingerprint density at radius 2 is 1.94 bits per heavy atom. The van der Waals surface area contributed by atoms with Crippen LogP contribution in [0.5, 0.6) is 5.75 Å². The van der Waals surface area contributed by atoms with Gasteiger partial charge in [0.05, 0.1) is 23.0 Å². The largest absolute Gasteiger partial charge is 0.484 e. The van der Waals surface area contributed by atoms with Crippen LogP contribution in [0.15, 0.2) is 74.3 Å². The lowest BCUT2D eigenvalue weighted by atomic mass is 10.3. The fraction of sp³-hybridized carbons (Fsp3) is 0.136. The Bertz CT molecular complexity index is 1230. The summed E-state index contributed by atoms with van der Waals surface area (Å²) in [5.74, 6) is 0.878. The molecule has 0 saturated carbocycles. The first-order chi connectivity index (χ1) is 15.5. The van der Waals surface area contributed by atoms with Gasteiger partial charge in [-0.2, -0.15) is 5.10 Å². The minimum Gasteiger partial charge on any atom is -0.484 e. The third-order valence-corrected chi connectivity index (χ3v) is 5.04. The molecule has 0 spiro atoms. The molecule has 4 aromatic rings. The maximum Gasteiger partial charge on any atom is 0.291 e. The van der Waals surface area contributed by atoms with Crippen molar-refractivity contribution in [3.8, 4) is 5.75 Å². The first-order valence-corrected chi connectivity index (χ1v) is 10.4. The molecule has 0 bridgehead atoms. The van der Waals surface area contributed by atoms with Crippen LogP contribution < -0.4 is 15.4 Å². The molecule has 3 heterocycles. The van der Waals surface area contributed by atoms with Gasteiger partial charge in [0.2, 0.25) is 0 Å². The molecule has 32 heavy (non-hydrogen) atoms. The van der Waals surface area contributed by atoms with E-state index >= 15 is 0 Å². The van der Waals surface area contributed by atoms with Crippen LogP contribution in [0.2, 0.25) is 0 Å². The van der Waals surface area contributed by atoms with E-state index in [9.17, 15) is 9.59 Å². The van der Waals surface area contributed by atoms with Crippen LogP contribution in [-0.2, 0) is 20.2 Å². The second kappa shape index (κ2) is 9.56. The lowest BCUT2D eigenvalue weighted by molar-refractivity contribution is 0.0943. The van der Waals surface area contributed by atoms with Crippen LogP contribution in [0.25, 0.3) is 0 Å². The van der Waals surface area contributed by atoms with E-state index in [-0.39, 0.29) is 30.3 Å². The summed E-state index contributed by atoms with van der Waals surface area (Å²) >= 11 is 3.41. The molecule has 0 aliphatic heterocycles. The molecule has 2 N–H and O–H groups in total. The van der Waals surface area contributed by atoms with Gasteiger partial charge in [-0.1, -0.05) is 12.1 Å². The van der Waals surface area contributed by atoms with E-state index in [0.717, 1.165) is 4.47 Å². The Morgan fingerprint density at radius 1 is 1.09 bits per heavy atom. The van der Waals surface area contributed by atoms with Crippen LogP contribution in [0.1, 0.15) is 32.6 Å². The quantitative estimate of drug-likeness (QED) is 0.377. The molecule has 0 unspecified atom stereocenters. The number of ether oxygens (including phenoxy) is 1. The van der Waals surface area contributed by atoms with E-state index in [4.69, 9.17) is 13.6 Å². The third-order valence-electron chi connectivity index (χ3n) is 4.39. The first kappa shape index (κ1) is 21.4. The number of nitrogens with zero attached hydrogens (tertiary/aromatic N) is 2. The van der Waals surface area contributed by atoms with Gasteiger partial charge in [0.25, 0.3) is 11.8 Å². The summed E-state index contributed by atoms with van der Waals surface area (Å²) in [6.07, 6.45) is 3.06. The average molecular weight is 499 g/mol. The molecule has 4 rings (SSSR count). The molecular weight excluding hydrogens is 480 g/mol. The Hall–Kier alpha value is -3.79. The van der Waals surface area contributed by atoms with Crippen LogP contribution >= 0.6 is 15.9 Å². The molecule has 9 nitrogen and oxygen atoms in total. The zero-order valence-electron chi connectivity index (χ0n) is 17.0. The number of furan rings is 2. The van der Waals surface area contributed by atoms with E-state index in [1.54, 1.807) is 37.5 Å². The Labute approximate surface area is 191 Å². The maximum atomic E-state index is 12.6. The summed E-state index contributed by atoms with van der Waals surface area (Å²) in [6, 6.07) is 14.1. The molecule has 3 aromatic heterocycles. The molecule has 0 aliphatic carbocycles. The highest BCUT2D eigenvalue weighted by Gasteiger charge is 2.20. The molecule has 2 amide bonds. The van der Waals surface area contributed by atoms with E-state index in [2.05, 4.69) is 31.7 Å². The first-order valence-electron chi connectivity index (χ1n) is 9.61. The van der Waals surface area contributed by atoms with Crippen molar-refractivity contribution >= 4 is 33.4 Å². The topological polar surface area (TPSA) is 112 Å². The maximum absolute atomic E-state index is 12.6. The summed E-state index contributed by atoms with van der Waals surface area (Å²) in [4.78, 5) is 25.2. The van der Waals surface area contributed by atoms with Gasteiger partial charge < -0.3 is 24.2 Å². The lowest BCUT2D eigenvalue weighted by Crippen LogP contribution is -2.25. The number of hydrogen-bond donors (Lipinski definition) is 2. The normalized spacial score (nSPS) is 10.7. The van der Waals surface area contributed by atoms with Gasteiger partial charge in [0, 0.05) is 13.2 Å². The van der Waals surface area contributed by atoms with Gasteiger partial charge in [0.1, 0.15) is 23.9 Å². The van der Waals surface area contributed by atoms with Crippen LogP contribution in [0.3, 0.4) is 0 Å². The number of aryl methyl sites for hydroxylation is 1. The summed E-state index contributed by atoms with van der Waals surface area (Å²) in [5.41, 5.74) is 0.341. The van der Waals surface area contributed by atoms with Gasteiger partial charge in [-0.3, -0.25) is 14.3 Å². The highest BCUT2D eigenvalue weighted by molar-refractivity contribution is 9.10. The number of aromatic nitrogens is 2. The average Bonchev–Trinajstić information content (AvgIpc) is 3.53. The van der Waals surface area contributed by atoms with Crippen molar-refractivity contribution in [1.82, 2.24) is 15.1 Å². The summed E-state index contributed by atoms with van der Waals surface area (Å²) in [6.45, 7) is 0.359. The van der Waals surface area contributed by atoms with E-state index < -0.39 is 11.8 Å². The van der Waals surface area contributed by atoms with E-state index in [0.29, 0.717) is 17.3 Å². The van der Waals surface area contributed by atoms with Crippen molar-refractivity contribution in [3.63, 3.8) is 0 Å². The monoisotopic (exact) mass is 498 g/mol. The number of rotatable bonds is 8. The van der Waals surface area contributed by atoms with Gasteiger partial charge in [0.15, 0.2) is 11.5 Å². The zero-order chi connectivity index (χ0) is 22.5. The molecule has 0 saturated heterocycles. The highest BCUT2D eigenvalue weighted by Crippen LogP contribution is 2.25. The zero-order valence-corrected chi connectivity index (χ0v) is 18.6. The van der Waals surface area contributed by atoms with Crippen molar-refractivity contribution < 1.29 is 23.2 Å². The van der Waals surface area contributed by atoms with E-state index in [1.807, 2.05) is 24.3 Å². The van der Waals surface area contributed by atoms with Crippen LogP contribution in [0, 0.1) is 0 Å². The van der Waals surface area contributed by atoms with Gasteiger partial charge in [-0.15, -0.1) is 0 Å².